The quantitative estimate of drug-likeness (QED) is 0.240. The van der Waals surface area contributed by atoms with E-state index < -0.39 is 104 Å². The molecule has 2 fully saturated rings. The van der Waals surface area contributed by atoms with Gasteiger partial charge in [-0.05, 0) is 0 Å². The maximum Gasteiger partial charge on any atom is 0.458 e. The summed E-state index contributed by atoms with van der Waals surface area (Å²) >= 11 is 0. The van der Waals surface area contributed by atoms with E-state index in [4.69, 9.17) is 0 Å². The Kier molecular flexibility index (Phi) is 11.2. The summed E-state index contributed by atoms with van der Waals surface area (Å²) < 4.78 is 343. The zero-order valence-electron chi connectivity index (χ0n) is 21.2. The summed E-state index contributed by atoms with van der Waals surface area (Å²) in [6.45, 7) is -4.71. The number of hydrogen-bond acceptors (Lipinski definition) is 6. The van der Waals surface area contributed by atoms with Gasteiger partial charge in [0.15, 0.2) is 13.2 Å². The summed E-state index contributed by atoms with van der Waals surface area (Å²) in [7, 11) is 0. The van der Waals surface area contributed by atoms with Gasteiger partial charge in [0.2, 0.25) is 0 Å². The molecule has 2 heterocycles. The van der Waals surface area contributed by atoms with E-state index in [0.717, 1.165) is 0 Å². The third-order valence-corrected chi connectivity index (χ3v) is 4.90. The van der Waals surface area contributed by atoms with Crippen LogP contribution in [-0.2, 0) is 28.4 Å². The third-order valence-electron chi connectivity index (χ3n) is 4.90. The molecule has 0 spiro atoms. The molecular formula is C17H4F26O6. The maximum atomic E-state index is 13.6. The van der Waals surface area contributed by atoms with Gasteiger partial charge in [0.1, 0.15) is 0 Å². The Morgan fingerprint density at radius 3 is 0.980 bits per heavy atom. The lowest BCUT2D eigenvalue weighted by molar-refractivity contribution is -0.508. The molecule has 0 aromatic rings. The summed E-state index contributed by atoms with van der Waals surface area (Å²) in [5, 5.41) is 0. The van der Waals surface area contributed by atoms with Crippen molar-refractivity contribution < 1.29 is 143 Å². The second-order valence-electron chi connectivity index (χ2n) is 8.33. The molecule has 6 nitrogen and oxygen atoms in total. The van der Waals surface area contributed by atoms with Crippen LogP contribution in [0.2, 0.25) is 0 Å². The molecule has 0 aromatic heterocycles. The lowest BCUT2D eigenvalue weighted by Gasteiger charge is -2.38. The van der Waals surface area contributed by atoms with Crippen molar-refractivity contribution in [1.29, 1.82) is 0 Å². The first-order chi connectivity index (χ1) is 21.2. The minimum Gasteiger partial charge on any atom is -0.454 e. The Morgan fingerprint density at radius 2 is 0.755 bits per heavy atom. The maximum absolute atomic E-state index is 13.6. The van der Waals surface area contributed by atoms with Crippen LogP contribution in [-0.4, -0.2) is 79.5 Å². The van der Waals surface area contributed by atoms with E-state index in [1.54, 1.807) is 0 Å². The van der Waals surface area contributed by atoms with Gasteiger partial charge in [-0.3, -0.25) is 4.74 Å². The minimum atomic E-state index is -7.71. The fraction of sp³-hybridized carbons (Fsp3) is 0.765. The molecule has 2 rings (SSSR count). The monoisotopic (exact) mass is 798 g/mol. The van der Waals surface area contributed by atoms with Crippen molar-refractivity contribution >= 4 is 0 Å². The fourth-order valence-corrected chi connectivity index (χ4v) is 2.53. The minimum absolute atomic E-state index is 1.83. The summed E-state index contributed by atoms with van der Waals surface area (Å²) in [5.74, 6) is -21.9. The van der Waals surface area contributed by atoms with E-state index in [2.05, 4.69) is 18.9 Å². The van der Waals surface area contributed by atoms with Crippen molar-refractivity contribution in [1.82, 2.24) is 0 Å². The predicted octanol–water partition coefficient (Wildman–Crippen LogP) is 8.96. The third kappa shape index (κ3) is 7.91. The molecule has 0 radical (unpaired) electrons. The van der Waals surface area contributed by atoms with E-state index in [1.807, 2.05) is 9.47 Å². The first kappa shape index (κ1) is 43.8. The number of ether oxygens (including phenoxy) is 6. The van der Waals surface area contributed by atoms with Gasteiger partial charge in [-0.2, -0.15) is 110 Å². The van der Waals surface area contributed by atoms with E-state index >= 15 is 0 Å². The van der Waals surface area contributed by atoms with Crippen molar-refractivity contribution in [3.8, 4) is 0 Å². The zero-order valence-corrected chi connectivity index (χ0v) is 21.2. The summed E-state index contributed by atoms with van der Waals surface area (Å²) in [6, 6.07) is 0. The van der Waals surface area contributed by atoms with Crippen molar-refractivity contribution in [2.75, 3.05) is 13.2 Å². The van der Waals surface area contributed by atoms with E-state index in [9.17, 15) is 114 Å². The molecule has 2 unspecified atom stereocenters. The molecule has 0 N–H and O–H groups in total. The van der Waals surface area contributed by atoms with Gasteiger partial charge in [-0.25, -0.2) is 9.13 Å². The summed E-state index contributed by atoms with van der Waals surface area (Å²) in [6.07, 6.45) is -55.8. The van der Waals surface area contributed by atoms with Gasteiger partial charge in [0.05, 0.1) is 0 Å². The smallest absolute Gasteiger partial charge is 0.454 e. The second kappa shape index (κ2) is 12.5. The molecule has 0 saturated carbocycles. The highest BCUT2D eigenvalue weighted by Gasteiger charge is 2.88. The predicted molar refractivity (Wildman–Crippen MR) is 89.1 cm³/mol. The van der Waals surface area contributed by atoms with Crippen molar-refractivity contribution in [3.63, 3.8) is 0 Å². The van der Waals surface area contributed by atoms with Crippen LogP contribution in [0.3, 0.4) is 0 Å². The van der Waals surface area contributed by atoms with E-state index in [-0.39, 0.29) is 0 Å². The Balaban J connectivity index is 0.000000494. The largest absolute Gasteiger partial charge is 0.458 e. The van der Waals surface area contributed by atoms with Crippen LogP contribution >= 0.6 is 0 Å². The average Bonchev–Trinajstić information content (AvgIpc) is 3.46. The lowest BCUT2D eigenvalue weighted by Crippen LogP contribution is -2.68. The van der Waals surface area contributed by atoms with Gasteiger partial charge < -0.3 is 18.9 Å². The molecule has 2 atom stereocenters. The highest BCUT2D eigenvalue weighted by atomic mass is 19.4. The van der Waals surface area contributed by atoms with Crippen LogP contribution in [0, 0.1) is 0 Å². The molecule has 2 aliphatic rings. The van der Waals surface area contributed by atoms with Crippen LogP contribution in [0.25, 0.3) is 0 Å². The van der Waals surface area contributed by atoms with Crippen molar-refractivity contribution in [3.05, 3.63) is 24.1 Å². The zero-order chi connectivity index (χ0) is 39.5. The number of hydrogen-bond donors (Lipinski definition) is 0. The van der Waals surface area contributed by atoms with Gasteiger partial charge in [-0.1, -0.05) is 0 Å². The van der Waals surface area contributed by atoms with E-state index in [0.29, 0.717) is 0 Å². The summed E-state index contributed by atoms with van der Waals surface area (Å²) in [4.78, 5) is 0. The van der Waals surface area contributed by atoms with Crippen LogP contribution in [0.1, 0.15) is 0 Å². The highest BCUT2D eigenvalue weighted by Crippen LogP contribution is 2.58. The molecule has 32 heteroatoms. The SMILES string of the molecule is FC(F)=C1OCC(F)(C(F)(F)OC(F)(C(F)(F)F)C(F)(F)F)O1.FC(F)=C1OCC(F)(C(F)(F)OC(F)(F)C(F)(C(F)(F)F)C(F)(F)F)O1. The van der Waals surface area contributed by atoms with Gasteiger partial charge >= 0.3 is 90.3 Å². The molecule has 0 aromatic carbocycles. The van der Waals surface area contributed by atoms with E-state index in [1.165, 1.54) is 0 Å². The lowest BCUT2D eigenvalue weighted by atomic mass is 10.0. The van der Waals surface area contributed by atoms with Crippen LogP contribution < -0.4 is 0 Å². The van der Waals surface area contributed by atoms with Gasteiger partial charge in [0.25, 0.3) is 0 Å². The molecule has 0 bridgehead atoms. The molecular weight excluding hydrogens is 794 g/mol. The van der Waals surface area contributed by atoms with Crippen LogP contribution in [0.4, 0.5) is 114 Å². The molecule has 0 aliphatic carbocycles. The second-order valence-corrected chi connectivity index (χ2v) is 8.33. The Morgan fingerprint density at radius 1 is 0.469 bits per heavy atom. The Hall–Kier alpha value is -3.22. The standard InChI is InChI=1S/C9H2F14O3.C8H2F12O3/c10-2(11)3-24-1-4(12,25-3)8(20,21)26-9(22,23)5(13,6(14,15)16)7(17,18)19;9-2(10)3-21-1-4(11,22-3)8(19,20)23-5(12,6(13,14)15)7(16,17)18/h1H2;1H2. The molecule has 2 aliphatic heterocycles. The Bertz CT molecular complexity index is 1230. The highest BCUT2D eigenvalue weighted by molar-refractivity contribution is 5.04. The fourth-order valence-electron chi connectivity index (χ4n) is 2.53. The Labute approximate surface area is 247 Å². The summed E-state index contributed by atoms with van der Waals surface area (Å²) in [5.41, 5.74) is -7.71. The topological polar surface area (TPSA) is 55.4 Å². The van der Waals surface area contributed by atoms with Crippen molar-refractivity contribution in [2.45, 2.75) is 66.3 Å². The van der Waals surface area contributed by atoms with Gasteiger partial charge in [0, 0.05) is 0 Å². The first-order valence-corrected chi connectivity index (χ1v) is 10.5. The molecule has 49 heavy (non-hydrogen) atoms. The van der Waals surface area contributed by atoms with Crippen LogP contribution in [0.15, 0.2) is 24.1 Å². The average molecular weight is 798 g/mol. The molecule has 2 saturated heterocycles. The number of halogens is 26. The molecule has 0 amide bonds. The number of rotatable bonds is 7. The first-order valence-electron chi connectivity index (χ1n) is 10.5. The van der Waals surface area contributed by atoms with Crippen molar-refractivity contribution in [2.24, 2.45) is 0 Å². The van der Waals surface area contributed by atoms with Gasteiger partial charge in [-0.15, -0.1) is 0 Å². The number of alkyl halides is 22. The normalized spacial score (nSPS) is 23.2. The van der Waals surface area contributed by atoms with Crippen LogP contribution in [0.5, 0.6) is 0 Å². The molecule has 290 valence electrons.